The summed E-state index contributed by atoms with van der Waals surface area (Å²) in [5.74, 6) is 1.00. The van der Waals surface area contributed by atoms with Crippen LogP contribution in [0.2, 0.25) is 0 Å². The van der Waals surface area contributed by atoms with Crippen molar-refractivity contribution in [3.05, 3.63) is 59.0 Å². The number of hydrogen-bond acceptors (Lipinski definition) is 7. The molecule has 0 bridgehead atoms. The summed E-state index contributed by atoms with van der Waals surface area (Å²) in [7, 11) is -3.69. The van der Waals surface area contributed by atoms with Gasteiger partial charge in [-0.05, 0) is 58.1 Å². The first-order valence-corrected chi connectivity index (χ1v) is 14.9. The Bertz CT molecular complexity index is 1760. The first-order valence-electron chi connectivity index (χ1n) is 13.5. The number of sulfonamides is 1. The van der Waals surface area contributed by atoms with Crippen LogP contribution in [-0.4, -0.2) is 62.1 Å². The molecule has 12 heteroatoms. The maximum Gasteiger partial charge on any atom is 0.289 e. The van der Waals surface area contributed by atoms with Gasteiger partial charge in [-0.1, -0.05) is 31.2 Å². The lowest BCUT2D eigenvalue weighted by atomic mass is 9.97. The van der Waals surface area contributed by atoms with Gasteiger partial charge in [-0.25, -0.2) is 18.1 Å². The zero-order valence-corrected chi connectivity index (χ0v) is 24.1. The first kappa shape index (κ1) is 26.5. The van der Waals surface area contributed by atoms with Crippen molar-refractivity contribution in [1.29, 1.82) is 5.41 Å². The van der Waals surface area contributed by atoms with E-state index in [2.05, 4.69) is 44.2 Å². The Kier molecular flexibility index (Phi) is 6.22. The van der Waals surface area contributed by atoms with Crippen LogP contribution in [0.4, 0.5) is 0 Å². The fourth-order valence-electron chi connectivity index (χ4n) is 5.68. The highest BCUT2D eigenvalue weighted by Crippen LogP contribution is 2.41. The van der Waals surface area contributed by atoms with E-state index in [1.807, 2.05) is 51.2 Å². The van der Waals surface area contributed by atoms with Crippen LogP contribution < -0.4 is 4.72 Å². The zero-order valence-electron chi connectivity index (χ0n) is 23.3. The number of hydrogen-bond donors (Lipinski definition) is 3. The summed E-state index contributed by atoms with van der Waals surface area (Å²) in [4.78, 5) is 9.86. The molecule has 40 heavy (non-hydrogen) atoms. The van der Waals surface area contributed by atoms with Crippen molar-refractivity contribution in [3.63, 3.8) is 0 Å². The van der Waals surface area contributed by atoms with Gasteiger partial charge in [0.2, 0.25) is 10.0 Å². The fraction of sp³-hybridized carbons (Fsp3) is 0.429. The molecule has 1 fully saturated rings. The number of aromatic nitrogens is 5. The lowest BCUT2D eigenvalue weighted by Gasteiger charge is -2.33. The molecule has 1 saturated carbocycles. The van der Waals surface area contributed by atoms with Crippen molar-refractivity contribution in [2.45, 2.75) is 65.0 Å². The maximum atomic E-state index is 13.1. The van der Waals surface area contributed by atoms with E-state index in [0.717, 1.165) is 33.8 Å². The number of aromatic amines is 1. The summed E-state index contributed by atoms with van der Waals surface area (Å²) >= 11 is 0. The van der Waals surface area contributed by atoms with Crippen molar-refractivity contribution in [1.82, 2.24) is 34.2 Å². The van der Waals surface area contributed by atoms with E-state index >= 15 is 0 Å². The molecule has 2 aliphatic rings. The van der Waals surface area contributed by atoms with Crippen LogP contribution in [0.15, 0.2) is 47.6 Å². The number of nitrogens with zero attached hydrogens (tertiary/aromatic N) is 5. The topological polar surface area (TPSA) is 141 Å². The van der Waals surface area contributed by atoms with Crippen LogP contribution in [0.5, 0.6) is 0 Å². The molecule has 1 aromatic carbocycles. The Morgan fingerprint density at radius 2 is 1.93 bits per heavy atom. The third-order valence-electron chi connectivity index (χ3n) is 7.64. The molecule has 1 aliphatic carbocycles. The number of nitrogens with one attached hydrogen (secondary N) is 3. The van der Waals surface area contributed by atoms with Gasteiger partial charge in [0.1, 0.15) is 17.1 Å². The molecular weight excluding hydrogens is 528 g/mol. The first-order chi connectivity index (χ1) is 18.9. The van der Waals surface area contributed by atoms with E-state index in [1.54, 1.807) is 0 Å². The minimum atomic E-state index is -3.69. The average molecular weight is 563 g/mol. The summed E-state index contributed by atoms with van der Waals surface area (Å²) in [5.41, 5.74) is 4.66. The standard InChI is InChI=1S/C28H34N8O3S/c1-16-8-6-7-9-20(16)23-26-33-32-25(36(26)22-10-11-30-24(22)31-23)21-13-18(12-17(21)2)34-40(37,38)19-14-35(15-19)27(29)39-28(3,4)5/h6-11,14,17-18,21,29-30,34H,12-13,15H2,1-5H3/t17-,18+,21+/m1/s1. The SMILES string of the molecule is Cc1ccccc1-c1nc2[nH]ccc2n2c([C@H]3C[C@@H](NS(=O)(=O)C4=CN(C(=N)OC(C)(C)C)C4)C[C@H]3C)nnc12. The van der Waals surface area contributed by atoms with E-state index in [4.69, 9.17) is 15.1 Å². The monoisotopic (exact) mass is 562 g/mol. The molecule has 3 N–H and O–H groups in total. The molecule has 0 amide bonds. The second-order valence-corrected chi connectivity index (χ2v) is 13.6. The molecular formula is C28H34N8O3S. The van der Waals surface area contributed by atoms with Gasteiger partial charge < -0.3 is 9.72 Å². The molecule has 0 radical (unpaired) electrons. The summed E-state index contributed by atoms with van der Waals surface area (Å²) in [6.45, 7) is 9.85. The molecule has 0 saturated heterocycles. The van der Waals surface area contributed by atoms with Gasteiger partial charge in [0.05, 0.1) is 17.0 Å². The van der Waals surface area contributed by atoms with E-state index in [1.165, 1.54) is 11.1 Å². The van der Waals surface area contributed by atoms with Gasteiger partial charge in [0.25, 0.3) is 6.02 Å². The van der Waals surface area contributed by atoms with Crippen molar-refractivity contribution in [2.24, 2.45) is 5.92 Å². The highest BCUT2D eigenvalue weighted by Gasteiger charge is 2.40. The largest absolute Gasteiger partial charge is 0.459 e. The van der Waals surface area contributed by atoms with Crippen molar-refractivity contribution >= 4 is 32.9 Å². The summed E-state index contributed by atoms with van der Waals surface area (Å²) < 4.78 is 36.8. The van der Waals surface area contributed by atoms with Crippen LogP contribution in [0.3, 0.4) is 0 Å². The number of benzene rings is 1. The molecule has 4 aromatic rings. The van der Waals surface area contributed by atoms with Gasteiger partial charge in [0.15, 0.2) is 11.3 Å². The Morgan fingerprint density at radius 1 is 1.18 bits per heavy atom. The number of fused-ring (bicyclic) bond motifs is 3. The second-order valence-electron chi connectivity index (χ2n) is 11.8. The minimum absolute atomic E-state index is 0.00755. The molecule has 0 spiro atoms. The summed E-state index contributed by atoms with van der Waals surface area (Å²) in [6.07, 6.45) is 4.61. The lowest BCUT2D eigenvalue weighted by Crippen LogP contribution is -2.45. The predicted molar refractivity (Wildman–Crippen MR) is 153 cm³/mol. The summed E-state index contributed by atoms with van der Waals surface area (Å²) in [5, 5.41) is 17.3. The molecule has 11 nitrogen and oxygen atoms in total. The lowest BCUT2D eigenvalue weighted by molar-refractivity contribution is 0.0913. The van der Waals surface area contributed by atoms with Gasteiger partial charge in [0, 0.05) is 29.9 Å². The predicted octanol–water partition coefficient (Wildman–Crippen LogP) is 4.29. The van der Waals surface area contributed by atoms with Gasteiger partial charge in [-0.15, -0.1) is 10.2 Å². The third kappa shape index (κ3) is 4.64. The van der Waals surface area contributed by atoms with Gasteiger partial charge in [-0.2, -0.15) is 0 Å². The Labute approximate surface area is 233 Å². The zero-order chi connectivity index (χ0) is 28.4. The van der Waals surface area contributed by atoms with Crippen LogP contribution in [-0.2, 0) is 14.8 Å². The molecule has 3 atom stereocenters. The quantitative estimate of drug-likeness (QED) is 0.243. The number of amidine groups is 1. The molecule has 0 unspecified atom stereocenters. The van der Waals surface area contributed by atoms with E-state index < -0.39 is 15.6 Å². The van der Waals surface area contributed by atoms with Crippen LogP contribution in [0, 0.1) is 18.3 Å². The maximum absolute atomic E-state index is 13.1. The molecule has 4 heterocycles. The van der Waals surface area contributed by atoms with Crippen LogP contribution >= 0.6 is 0 Å². The fourth-order valence-corrected chi connectivity index (χ4v) is 7.04. The average Bonchev–Trinajstić information content (AvgIpc) is 3.54. The van der Waals surface area contributed by atoms with Crippen molar-refractivity contribution < 1.29 is 13.2 Å². The molecule has 3 aromatic heterocycles. The van der Waals surface area contributed by atoms with E-state index in [9.17, 15) is 8.42 Å². The number of ether oxygens (including phenoxy) is 1. The minimum Gasteiger partial charge on any atom is -0.459 e. The Hall–Kier alpha value is -3.77. The highest BCUT2D eigenvalue weighted by molar-refractivity contribution is 7.93. The van der Waals surface area contributed by atoms with Crippen molar-refractivity contribution in [2.75, 3.05) is 6.54 Å². The van der Waals surface area contributed by atoms with Crippen LogP contribution in [0.25, 0.3) is 28.1 Å². The third-order valence-corrected chi connectivity index (χ3v) is 9.21. The number of rotatable bonds is 5. The number of H-pyrrole nitrogens is 1. The summed E-state index contributed by atoms with van der Waals surface area (Å²) in [6, 6.07) is 9.75. The smallest absolute Gasteiger partial charge is 0.289 e. The number of aryl methyl sites for hydroxylation is 1. The Morgan fingerprint density at radius 3 is 2.65 bits per heavy atom. The molecule has 6 rings (SSSR count). The van der Waals surface area contributed by atoms with Crippen LogP contribution in [0.1, 0.15) is 57.8 Å². The van der Waals surface area contributed by atoms with Crippen molar-refractivity contribution in [3.8, 4) is 11.3 Å². The molecule has 1 aliphatic heterocycles. The second kappa shape index (κ2) is 9.41. The van der Waals surface area contributed by atoms with E-state index in [-0.39, 0.29) is 35.3 Å². The highest BCUT2D eigenvalue weighted by atomic mass is 32.2. The van der Waals surface area contributed by atoms with E-state index in [0.29, 0.717) is 18.5 Å². The van der Waals surface area contributed by atoms with Gasteiger partial charge in [-0.3, -0.25) is 14.7 Å². The Balaban J connectivity index is 1.26. The molecule has 210 valence electrons. The normalized spacial score (nSPS) is 21.6. The van der Waals surface area contributed by atoms with Gasteiger partial charge >= 0.3 is 0 Å².